The smallest absolute Gasteiger partial charge is 0.312 e. The molecule has 0 aliphatic carbocycles. The minimum Gasteiger partial charge on any atom is -0.496 e. The molecule has 25 heavy (non-hydrogen) atoms. The van der Waals surface area contributed by atoms with Gasteiger partial charge in [0.05, 0.1) is 7.11 Å². The minimum atomic E-state index is -0.577. The maximum atomic E-state index is 12.6. The highest BCUT2D eigenvalue weighted by Crippen LogP contribution is 2.21. The zero-order valence-corrected chi connectivity index (χ0v) is 14.7. The lowest BCUT2D eigenvalue weighted by atomic mass is 10.1. The van der Waals surface area contributed by atoms with Crippen LogP contribution in [0.4, 0.5) is 4.79 Å². The number of benzene rings is 2. The summed E-state index contributed by atoms with van der Waals surface area (Å²) in [6.45, 7) is 2.79. The number of carbonyl (C=O) groups excluding carboxylic acids is 2. The summed E-state index contributed by atoms with van der Waals surface area (Å²) in [7, 11) is 3.38. The number of amides is 3. The fraction of sp³-hybridized carbons (Fsp3) is 0.263. The molecule has 0 radical (unpaired) electrons. The van der Waals surface area contributed by atoms with Crippen molar-refractivity contribution in [3.05, 3.63) is 64.7 Å². The van der Waals surface area contributed by atoms with Crippen molar-refractivity contribution < 1.29 is 14.3 Å². The van der Waals surface area contributed by atoms with Crippen molar-refractivity contribution in [3.63, 3.8) is 0 Å². The molecule has 2 aromatic carbocycles. The standard InChI is InChI=1S/C19H23N3O3/c1-13-4-9-17(25-3)16(10-13)12-22(2)18(23)15-7-5-14(6-8-15)11-21-19(20)24/h4-10H,11-12H2,1-3H3,(H3,20,21,24). The van der Waals surface area contributed by atoms with E-state index in [0.717, 1.165) is 22.4 Å². The molecule has 0 saturated heterocycles. The lowest BCUT2D eigenvalue weighted by Crippen LogP contribution is -2.28. The summed E-state index contributed by atoms with van der Waals surface area (Å²) in [4.78, 5) is 25.0. The van der Waals surface area contributed by atoms with Gasteiger partial charge in [0.15, 0.2) is 0 Å². The maximum Gasteiger partial charge on any atom is 0.312 e. The first-order valence-corrected chi connectivity index (χ1v) is 7.92. The number of ether oxygens (including phenoxy) is 1. The molecule has 0 bridgehead atoms. The molecular weight excluding hydrogens is 318 g/mol. The molecule has 0 aromatic heterocycles. The SMILES string of the molecule is COc1ccc(C)cc1CN(C)C(=O)c1ccc(CNC(N)=O)cc1. The Balaban J connectivity index is 2.07. The molecule has 0 aliphatic heterocycles. The van der Waals surface area contributed by atoms with Gasteiger partial charge in [0.2, 0.25) is 0 Å². The number of nitrogens with two attached hydrogens (primary N) is 1. The van der Waals surface area contributed by atoms with Crippen LogP contribution in [-0.4, -0.2) is 31.0 Å². The average Bonchev–Trinajstić information content (AvgIpc) is 2.60. The molecular formula is C19H23N3O3. The molecule has 2 aromatic rings. The van der Waals surface area contributed by atoms with Gasteiger partial charge in [-0.25, -0.2) is 4.79 Å². The topological polar surface area (TPSA) is 84.7 Å². The Kier molecular flexibility index (Phi) is 6.00. The number of hydrogen-bond donors (Lipinski definition) is 2. The largest absolute Gasteiger partial charge is 0.496 e. The molecule has 0 aliphatic rings. The molecule has 6 nitrogen and oxygen atoms in total. The Morgan fingerprint density at radius 3 is 2.44 bits per heavy atom. The Morgan fingerprint density at radius 2 is 1.84 bits per heavy atom. The highest BCUT2D eigenvalue weighted by atomic mass is 16.5. The Morgan fingerprint density at radius 1 is 1.16 bits per heavy atom. The first kappa shape index (κ1) is 18.3. The van der Waals surface area contributed by atoms with Crippen molar-refractivity contribution in [1.82, 2.24) is 10.2 Å². The van der Waals surface area contributed by atoms with Gasteiger partial charge in [-0.2, -0.15) is 0 Å². The number of aryl methyl sites for hydroxylation is 1. The van der Waals surface area contributed by atoms with E-state index >= 15 is 0 Å². The predicted molar refractivity (Wildman–Crippen MR) is 96.4 cm³/mol. The lowest BCUT2D eigenvalue weighted by molar-refractivity contribution is 0.0784. The van der Waals surface area contributed by atoms with E-state index in [1.54, 1.807) is 43.3 Å². The second-order valence-corrected chi connectivity index (χ2v) is 5.89. The van der Waals surface area contributed by atoms with Crippen molar-refractivity contribution >= 4 is 11.9 Å². The van der Waals surface area contributed by atoms with Crippen molar-refractivity contribution in [2.45, 2.75) is 20.0 Å². The maximum absolute atomic E-state index is 12.6. The van der Waals surface area contributed by atoms with Gasteiger partial charge < -0.3 is 20.7 Å². The first-order chi connectivity index (χ1) is 11.9. The van der Waals surface area contributed by atoms with Gasteiger partial charge in [0.25, 0.3) is 5.91 Å². The van der Waals surface area contributed by atoms with E-state index in [2.05, 4.69) is 5.32 Å². The molecule has 6 heteroatoms. The molecule has 0 saturated carbocycles. The van der Waals surface area contributed by atoms with Gasteiger partial charge in [-0.3, -0.25) is 4.79 Å². The molecule has 0 fully saturated rings. The van der Waals surface area contributed by atoms with Crippen LogP contribution in [0.2, 0.25) is 0 Å². The minimum absolute atomic E-state index is 0.0852. The van der Waals surface area contributed by atoms with E-state index in [9.17, 15) is 9.59 Å². The monoisotopic (exact) mass is 341 g/mol. The molecule has 0 spiro atoms. The first-order valence-electron chi connectivity index (χ1n) is 7.92. The summed E-state index contributed by atoms with van der Waals surface area (Å²) in [6, 6.07) is 12.4. The van der Waals surface area contributed by atoms with Gasteiger partial charge in [-0.15, -0.1) is 0 Å². The van der Waals surface area contributed by atoms with Crippen LogP contribution in [0.3, 0.4) is 0 Å². The Labute approximate surface area is 147 Å². The quantitative estimate of drug-likeness (QED) is 0.846. The second-order valence-electron chi connectivity index (χ2n) is 5.89. The normalized spacial score (nSPS) is 10.2. The molecule has 3 amide bonds. The fourth-order valence-corrected chi connectivity index (χ4v) is 2.53. The molecule has 0 atom stereocenters. The van der Waals surface area contributed by atoms with E-state index in [0.29, 0.717) is 18.7 Å². The fourth-order valence-electron chi connectivity index (χ4n) is 2.53. The van der Waals surface area contributed by atoms with Crippen molar-refractivity contribution in [2.75, 3.05) is 14.2 Å². The number of nitrogens with zero attached hydrogens (tertiary/aromatic N) is 1. The van der Waals surface area contributed by atoms with Gasteiger partial charge >= 0.3 is 6.03 Å². The average molecular weight is 341 g/mol. The molecule has 2 rings (SSSR count). The number of urea groups is 1. The predicted octanol–water partition coefficient (Wildman–Crippen LogP) is 2.44. The van der Waals surface area contributed by atoms with Crippen molar-refractivity contribution in [2.24, 2.45) is 5.73 Å². The summed E-state index contributed by atoms with van der Waals surface area (Å²) in [5.41, 5.74) is 8.57. The molecule has 132 valence electrons. The van der Waals surface area contributed by atoms with E-state index in [4.69, 9.17) is 10.5 Å². The van der Waals surface area contributed by atoms with Crippen LogP contribution in [0.15, 0.2) is 42.5 Å². The van der Waals surface area contributed by atoms with E-state index < -0.39 is 6.03 Å². The highest BCUT2D eigenvalue weighted by Gasteiger charge is 2.14. The van der Waals surface area contributed by atoms with E-state index in [-0.39, 0.29) is 5.91 Å². The van der Waals surface area contributed by atoms with Gasteiger partial charge in [0.1, 0.15) is 5.75 Å². The van der Waals surface area contributed by atoms with Crippen LogP contribution in [0.1, 0.15) is 27.0 Å². The summed E-state index contributed by atoms with van der Waals surface area (Å²) in [6.07, 6.45) is 0. The lowest BCUT2D eigenvalue weighted by Gasteiger charge is -2.19. The number of primary amides is 1. The Bertz CT molecular complexity index is 757. The van der Waals surface area contributed by atoms with Crippen molar-refractivity contribution in [1.29, 1.82) is 0 Å². The molecule has 0 heterocycles. The van der Waals surface area contributed by atoms with Crippen LogP contribution in [0.5, 0.6) is 5.75 Å². The van der Waals surface area contributed by atoms with Gasteiger partial charge in [0, 0.05) is 31.3 Å². The molecule has 0 unspecified atom stereocenters. The van der Waals surface area contributed by atoms with Crippen LogP contribution < -0.4 is 15.8 Å². The number of carbonyl (C=O) groups is 2. The van der Waals surface area contributed by atoms with Gasteiger partial charge in [-0.05, 0) is 30.7 Å². The van der Waals surface area contributed by atoms with E-state index in [1.165, 1.54) is 0 Å². The molecule has 3 N–H and O–H groups in total. The highest BCUT2D eigenvalue weighted by molar-refractivity contribution is 5.94. The second kappa shape index (κ2) is 8.19. The third-order valence-electron chi connectivity index (χ3n) is 3.86. The zero-order chi connectivity index (χ0) is 18.4. The summed E-state index contributed by atoms with van der Waals surface area (Å²) in [5.74, 6) is 0.677. The number of rotatable bonds is 6. The third-order valence-corrected chi connectivity index (χ3v) is 3.86. The van der Waals surface area contributed by atoms with E-state index in [1.807, 2.05) is 25.1 Å². The van der Waals surface area contributed by atoms with Gasteiger partial charge in [-0.1, -0.05) is 29.8 Å². The number of nitrogens with one attached hydrogen (secondary N) is 1. The summed E-state index contributed by atoms with van der Waals surface area (Å²) >= 11 is 0. The van der Waals surface area contributed by atoms with Crippen LogP contribution in [0, 0.1) is 6.92 Å². The third kappa shape index (κ3) is 4.97. The Hall–Kier alpha value is -3.02. The van der Waals surface area contributed by atoms with Crippen LogP contribution in [-0.2, 0) is 13.1 Å². The van der Waals surface area contributed by atoms with Crippen LogP contribution in [0.25, 0.3) is 0 Å². The van der Waals surface area contributed by atoms with Crippen molar-refractivity contribution in [3.8, 4) is 5.75 Å². The number of methoxy groups -OCH3 is 1. The number of hydrogen-bond acceptors (Lipinski definition) is 3. The summed E-state index contributed by atoms with van der Waals surface area (Å²) in [5, 5.41) is 2.51. The zero-order valence-electron chi connectivity index (χ0n) is 14.7. The summed E-state index contributed by atoms with van der Waals surface area (Å²) < 4.78 is 5.37. The van der Waals surface area contributed by atoms with Crippen LogP contribution >= 0.6 is 0 Å².